The molecule has 2 aromatic rings. The van der Waals surface area contributed by atoms with Crippen LogP contribution in [0.25, 0.3) is 0 Å². The van der Waals surface area contributed by atoms with Crippen LogP contribution in [0.3, 0.4) is 0 Å². The van der Waals surface area contributed by atoms with E-state index in [9.17, 15) is 23.3 Å². The van der Waals surface area contributed by atoms with E-state index in [0.29, 0.717) is 13.1 Å². The van der Waals surface area contributed by atoms with E-state index in [-0.39, 0.29) is 34.5 Å². The van der Waals surface area contributed by atoms with Crippen LogP contribution in [0.2, 0.25) is 0 Å². The number of benzene rings is 2. The Kier molecular flexibility index (Phi) is 4.75. The highest BCUT2D eigenvalue weighted by molar-refractivity contribution is 7.89. The third kappa shape index (κ3) is 3.94. The maximum absolute atomic E-state index is 12.5. The van der Waals surface area contributed by atoms with E-state index in [1.54, 1.807) is 4.90 Å². The van der Waals surface area contributed by atoms with Gasteiger partial charge in [0.15, 0.2) is 0 Å². The van der Waals surface area contributed by atoms with Crippen molar-refractivity contribution >= 4 is 27.4 Å². The molecule has 10 heteroatoms. The van der Waals surface area contributed by atoms with E-state index in [4.69, 9.17) is 0 Å². The number of nitro groups is 1. The number of sulfonamides is 1. The number of fused-ring (bicyclic) bond motifs is 1. The molecular weight excluding hydrogens is 396 g/mol. The van der Waals surface area contributed by atoms with Gasteiger partial charge in [0.1, 0.15) is 0 Å². The molecule has 2 fully saturated rings. The zero-order chi connectivity index (χ0) is 20.8. The quantitative estimate of drug-likeness (QED) is 0.572. The number of nitrogens with zero attached hydrogens (tertiary/aromatic N) is 2. The number of amides is 2. The van der Waals surface area contributed by atoms with Crippen LogP contribution < -0.4 is 10.0 Å². The maximum atomic E-state index is 12.5. The Morgan fingerprint density at radius 2 is 1.66 bits per heavy atom. The van der Waals surface area contributed by atoms with Crippen molar-refractivity contribution in [1.29, 1.82) is 0 Å². The second-order valence-corrected chi connectivity index (χ2v) is 9.14. The molecule has 2 aromatic carbocycles. The van der Waals surface area contributed by atoms with E-state index < -0.39 is 14.9 Å². The smallest absolute Gasteiger partial charge is 0.321 e. The number of anilines is 1. The molecule has 29 heavy (non-hydrogen) atoms. The Balaban J connectivity index is 1.32. The van der Waals surface area contributed by atoms with E-state index in [1.807, 2.05) is 31.2 Å². The number of piperidine rings is 1. The fourth-order valence-corrected chi connectivity index (χ4v) is 5.04. The second-order valence-electron chi connectivity index (χ2n) is 7.43. The number of nitrogens with one attached hydrogen (secondary N) is 2. The molecule has 152 valence electrons. The van der Waals surface area contributed by atoms with Crippen LogP contribution in [0, 0.1) is 28.9 Å². The lowest BCUT2D eigenvalue weighted by Gasteiger charge is -2.21. The van der Waals surface area contributed by atoms with Crippen LogP contribution in [0.4, 0.5) is 16.2 Å². The lowest BCUT2D eigenvalue weighted by atomic mass is 10.2. The van der Waals surface area contributed by atoms with Gasteiger partial charge in [-0.1, -0.05) is 17.7 Å². The van der Waals surface area contributed by atoms with Gasteiger partial charge in [0.25, 0.3) is 5.69 Å². The van der Waals surface area contributed by atoms with Crippen LogP contribution in [-0.2, 0) is 10.0 Å². The molecule has 0 radical (unpaired) electrons. The minimum Gasteiger partial charge on any atom is -0.324 e. The highest BCUT2D eigenvalue weighted by Crippen LogP contribution is 2.46. The highest BCUT2D eigenvalue weighted by atomic mass is 32.2. The number of rotatable bonds is 5. The average Bonchev–Trinajstić information content (AvgIpc) is 3.11. The van der Waals surface area contributed by atoms with Gasteiger partial charge in [0.05, 0.1) is 9.82 Å². The van der Waals surface area contributed by atoms with Crippen molar-refractivity contribution < 1.29 is 18.1 Å². The summed E-state index contributed by atoms with van der Waals surface area (Å²) < 4.78 is 27.7. The predicted octanol–water partition coefficient (Wildman–Crippen LogP) is 2.34. The molecule has 2 amide bonds. The molecule has 1 aliphatic carbocycles. The predicted molar refractivity (Wildman–Crippen MR) is 106 cm³/mol. The van der Waals surface area contributed by atoms with Crippen molar-refractivity contribution in [3.05, 3.63) is 64.2 Å². The molecular formula is C19H20N4O5S. The lowest BCUT2D eigenvalue weighted by Crippen LogP contribution is -2.39. The van der Waals surface area contributed by atoms with E-state index in [0.717, 1.165) is 11.3 Å². The summed E-state index contributed by atoms with van der Waals surface area (Å²) in [4.78, 5) is 24.2. The van der Waals surface area contributed by atoms with Gasteiger partial charge in [0, 0.05) is 37.0 Å². The Morgan fingerprint density at radius 3 is 2.21 bits per heavy atom. The Morgan fingerprint density at radius 1 is 1.07 bits per heavy atom. The molecule has 1 heterocycles. The van der Waals surface area contributed by atoms with E-state index in [2.05, 4.69) is 10.0 Å². The zero-order valence-corrected chi connectivity index (χ0v) is 16.4. The van der Waals surface area contributed by atoms with Crippen molar-refractivity contribution in [3.8, 4) is 0 Å². The van der Waals surface area contributed by atoms with Gasteiger partial charge in [-0.2, -0.15) is 0 Å². The number of nitro benzene ring substituents is 1. The Bertz CT molecular complexity index is 1040. The highest BCUT2D eigenvalue weighted by Gasteiger charge is 2.58. The summed E-state index contributed by atoms with van der Waals surface area (Å²) in [5.41, 5.74) is 1.66. The first-order valence-electron chi connectivity index (χ1n) is 9.14. The van der Waals surface area contributed by atoms with Gasteiger partial charge in [0.2, 0.25) is 10.0 Å². The number of hydrogen-bond donors (Lipinski definition) is 2. The monoisotopic (exact) mass is 416 g/mol. The van der Waals surface area contributed by atoms with Gasteiger partial charge in [-0.3, -0.25) is 10.1 Å². The maximum Gasteiger partial charge on any atom is 0.321 e. The molecule has 1 unspecified atom stereocenters. The van der Waals surface area contributed by atoms with E-state index >= 15 is 0 Å². The molecule has 1 saturated heterocycles. The average molecular weight is 416 g/mol. The van der Waals surface area contributed by atoms with Gasteiger partial charge < -0.3 is 10.2 Å². The van der Waals surface area contributed by atoms with Crippen LogP contribution in [0.1, 0.15) is 5.56 Å². The van der Waals surface area contributed by atoms with Crippen LogP contribution in [0.15, 0.2) is 53.4 Å². The molecule has 4 rings (SSSR count). The number of non-ortho nitro benzene ring substituents is 1. The number of carbonyl (C=O) groups excluding carboxylic acids is 1. The number of hydrogen-bond acceptors (Lipinski definition) is 5. The van der Waals surface area contributed by atoms with E-state index in [1.165, 1.54) is 24.3 Å². The van der Waals surface area contributed by atoms with Crippen LogP contribution in [-0.4, -0.2) is 43.4 Å². The molecule has 9 nitrogen and oxygen atoms in total. The molecule has 2 N–H and O–H groups in total. The zero-order valence-electron chi connectivity index (χ0n) is 15.6. The number of likely N-dealkylation sites (tertiary alicyclic amines) is 1. The number of aryl methyl sites for hydroxylation is 1. The van der Waals surface area contributed by atoms with Gasteiger partial charge in [-0.05, 0) is 43.0 Å². The third-order valence-electron chi connectivity index (χ3n) is 5.43. The first kappa shape index (κ1) is 19.3. The second kappa shape index (κ2) is 7.12. The topological polar surface area (TPSA) is 122 Å². The van der Waals surface area contributed by atoms with Gasteiger partial charge >= 0.3 is 6.03 Å². The molecule has 3 atom stereocenters. The Hall–Kier alpha value is -2.98. The normalized spacial score (nSPS) is 22.8. The standard InChI is InChI=1S/C19H20N4O5S/c1-12-2-4-13(5-3-12)20-19(24)22-10-16-17(11-22)18(16)21-29(27,28)15-8-6-14(7-9-15)23(25)26/h2-9,16-18,21H,10-11H2,1H3,(H,20,24)/t16-,17+,18?. The minimum absolute atomic E-state index is 0.0120. The molecule has 2 aliphatic rings. The van der Waals surface area contributed by atoms with Crippen molar-refractivity contribution in [2.45, 2.75) is 17.9 Å². The summed E-state index contributed by atoms with van der Waals surface area (Å²) >= 11 is 0. The van der Waals surface area contributed by atoms with Crippen molar-refractivity contribution in [2.75, 3.05) is 18.4 Å². The van der Waals surface area contributed by atoms with Crippen molar-refractivity contribution in [3.63, 3.8) is 0 Å². The summed E-state index contributed by atoms with van der Waals surface area (Å²) in [5.74, 6) is 0.151. The molecule has 1 aliphatic heterocycles. The third-order valence-corrected chi connectivity index (χ3v) is 6.91. The van der Waals surface area contributed by atoms with Crippen LogP contribution in [0.5, 0.6) is 0 Å². The summed E-state index contributed by atoms with van der Waals surface area (Å²) in [6, 6.07) is 11.9. The van der Waals surface area contributed by atoms with Gasteiger partial charge in [-0.25, -0.2) is 17.9 Å². The fourth-order valence-electron chi connectivity index (χ4n) is 3.70. The first-order valence-corrected chi connectivity index (χ1v) is 10.6. The summed E-state index contributed by atoms with van der Waals surface area (Å²) in [7, 11) is -3.76. The summed E-state index contributed by atoms with van der Waals surface area (Å²) in [5, 5.41) is 13.6. The first-order chi connectivity index (χ1) is 13.7. The summed E-state index contributed by atoms with van der Waals surface area (Å²) in [6.45, 7) is 2.93. The van der Waals surface area contributed by atoms with Crippen molar-refractivity contribution in [2.24, 2.45) is 11.8 Å². The number of urea groups is 1. The van der Waals surface area contributed by atoms with Crippen LogP contribution >= 0.6 is 0 Å². The molecule has 0 aromatic heterocycles. The van der Waals surface area contributed by atoms with Gasteiger partial charge in [-0.15, -0.1) is 0 Å². The SMILES string of the molecule is Cc1ccc(NC(=O)N2C[C@@H]3C(NS(=O)(=O)c4ccc([N+](=O)[O-])cc4)[C@@H]3C2)cc1. The fraction of sp³-hybridized carbons (Fsp3) is 0.316. The molecule has 0 spiro atoms. The summed E-state index contributed by atoms with van der Waals surface area (Å²) in [6.07, 6.45) is 0. The van der Waals surface area contributed by atoms with Crippen molar-refractivity contribution in [1.82, 2.24) is 9.62 Å². The minimum atomic E-state index is -3.76. The largest absolute Gasteiger partial charge is 0.324 e. The molecule has 1 saturated carbocycles. The number of carbonyl (C=O) groups is 1. The molecule has 0 bridgehead atoms. The lowest BCUT2D eigenvalue weighted by molar-refractivity contribution is -0.384. The Labute approximate surface area is 167 Å².